The summed E-state index contributed by atoms with van der Waals surface area (Å²) >= 11 is 5.93. The van der Waals surface area contributed by atoms with Gasteiger partial charge in [-0.15, -0.1) is 0 Å². The van der Waals surface area contributed by atoms with E-state index in [2.05, 4.69) is 4.98 Å². The quantitative estimate of drug-likeness (QED) is 0.477. The third kappa shape index (κ3) is 4.33. The largest absolute Gasteiger partial charge is 0.449 e. The van der Waals surface area contributed by atoms with Crippen molar-refractivity contribution in [3.8, 4) is 0 Å². The van der Waals surface area contributed by atoms with E-state index in [1.807, 2.05) is 60.7 Å². The first kappa shape index (κ1) is 18.6. The van der Waals surface area contributed by atoms with Gasteiger partial charge in [0.05, 0.1) is 5.56 Å². The zero-order valence-electron chi connectivity index (χ0n) is 14.6. The summed E-state index contributed by atoms with van der Waals surface area (Å²) < 4.78 is 5.35. The van der Waals surface area contributed by atoms with Crippen molar-refractivity contribution >= 4 is 34.9 Å². The lowest BCUT2D eigenvalue weighted by molar-refractivity contribution is -0.125. The van der Waals surface area contributed by atoms with Crippen LogP contribution in [0.4, 0.5) is 11.4 Å². The number of halogens is 1. The van der Waals surface area contributed by atoms with Gasteiger partial charge in [-0.25, -0.2) is 9.78 Å². The van der Waals surface area contributed by atoms with Crippen LogP contribution in [0, 0.1) is 0 Å². The number of benzene rings is 2. The molecule has 0 bridgehead atoms. The van der Waals surface area contributed by atoms with Crippen LogP contribution < -0.4 is 4.90 Å². The number of hydrogen-bond donors (Lipinski definition) is 0. The second-order valence-corrected chi connectivity index (χ2v) is 6.09. The fourth-order valence-electron chi connectivity index (χ4n) is 2.55. The number of carbonyl (C=O) groups excluding carboxylic acids is 2. The maximum absolute atomic E-state index is 13.1. The number of para-hydroxylation sites is 2. The Balaban J connectivity index is 1.86. The number of pyridine rings is 1. The lowest BCUT2D eigenvalue weighted by Crippen LogP contribution is -2.37. The predicted molar refractivity (Wildman–Crippen MR) is 104 cm³/mol. The van der Waals surface area contributed by atoms with Crippen LogP contribution in [0.5, 0.6) is 0 Å². The Morgan fingerprint density at radius 1 is 0.926 bits per heavy atom. The SMILES string of the molecule is CC(OC(=O)c1cccnc1Cl)C(=O)N(c1ccccc1)c1ccccc1. The first-order valence-corrected chi connectivity index (χ1v) is 8.71. The average molecular weight is 381 g/mol. The van der Waals surface area contributed by atoms with E-state index in [0.717, 1.165) is 0 Å². The lowest BCUT2D eigenvalue weighted by atomic mass is 10.2. The maximum atomic E-state index is 13.1. The number of ether oxygens (including phenoxy) is 1. The zero-order chi connectivity index (χ0) is 19.2. The number of carbonyl (C=O) groups is 2. The van der Waals surface area contributed by atoms with E-state index in [4.69, 9.17) is 16.3 Å². The molecule has 0 fully saturated rings. The Hall–Kier alpha value is -3.18. The van der Waals surface area contributed by atoms with Gasteiger partial charge in [0, 0.05) is 17.6 Å². The summed E-state index contributed by atoms with van der Waals surface area (Å²) in [6, 6.07) is 21.4. The molecule has 0 aliphatic carbocycles. The molecule has 1 atom stereocenters. The monoisotopic (exact) mass is 380 g/mol. The summed E-state index contributed by atoms with van der Waals surface area (Å²) in [5.74, 6) is -1.07. The average Bonchev–Trinajstić information content (AvgIpc) is 2.70. The molecule has 1 heterocycles. The van der Waals surface area contributed by atoms with Crippen molar-refractivity contribution in [3.05, 3.63) is 89.7 Å². The van der Waals surface area contributed by atoms with E-state index in [1.165, 1.54) is 24.1 Å². The van der Waals surface area contributed by atoms with Crippen LogP contribution in [0.1, 0.15) is 17.3 Å². The highest BCUT2D eigenvalue weighted by Crippen LogP contribution is 2.26. The topological polar surface area (TPSA) is 59.5 Å². The van der Waals surface area contributed by atoms with E-state index in [1.54, 1.807) is 6.07 Å². The van der Waals surface area contributed by atoms with Gasteiger partial charge in [-0.2, -0.15) is 0 Å². The van der Waals surface area contributed by atoms with Crippen LogP contribution in [0.3, 0.4) is 0 Å². The second-order valence-electron chi connectivity index (χ2n) is 5.73. The molecule has 27 heavy (non-hydrogen) atoms. The molecule has 1 aromatic heterocycles. The van der Waals surface area contributed by atoms with Gasteiger partial charge in [-0.1, -0.05) is 48.0 Å². The van der Waals surface area contributed by atoms with Crippen molar-refractivity contribution in [2.75, 3.05) is 4.90 Å². The molecule has 136 valence electrons. The van der Waals surface area contributed by atoms with Gasteiger partial charge in [0.15, 0.2) is 6.10 Å². The zero-order valence-corrected chi connectivity index (χ0v) is 15.3. The molecule has 5 nitrogen and oxygen atoms in total. The lowest BCUT2D eigenvalue weighted by Gasteiger charge is -2.26. The van der Waals surface area contributed by atoms with E-state index in [-0.39, 0.29) is 16.6 Å². The smallest absolute Gasteiger partial charge is 0.342 e. The molecular formula is C21H17ClN2O3. The third-order valence-corrected chi connectivity index (χ3v) is 4.16. The first-order chi connectivity index (χ1) is 13.1. The molecular weight excluding hydrogens is 364 g/mol. The van der Waals surface area contributed by atoms with Gasteiger partial charge in [-0.05, 0) is 43.3 Å². The Morgan fingerprint density at radius 3 is 2.00 bits per heavy atom. The number of hydrogen-bond acceptors (Lipinski definition) is 4. The van der Waals surface area contributed by atoms with Gasteiger partial charge in [0.1, 0.15) is 5.15 Å². The number of nitrogens with zero attached hydrogens (tertiary/aromatic N) is 2. The summed E-state index contributed by atoms with van der Waals surface area (Å²) in [7, 11) is 0. The molecule has 0 spiro atoms. The number of esters is 1. The molecule has 0 radical (unpaired) electrons. The normalized spacial score (nSPS) is 11.5. The van der Waals surface area contributed by atoms with Crippen LogP contribution >= 0.6 is 11.6 Å². The standard InChI is InChI=1S/C21H17ClN2O3/c1-15(27-21(26)18-13-8-14-23-19(18)22)20(25)24(16-9-4-2-5-10-16)17-11-6-3-7-12-17/h2-15H,1H3. The first-order valence-electron chi connectivity index (χ1n) is 8.33. The molecule has 0 saturated heterocycles. The Bertz CT molecular complexity index is 893. The van der Waals surface area contributed by atoms with Gasteiger partial charge < -0.3 is 4.74 Å². The molecule has 1 amide bonds. The highest BCUT2D eigenvalue weighted by atomic mass is 35.5. The minimum atomic E-state index is -1.02. The van der Waals surface area contributed by atoms with Crippen molar-refractivity contribution in [1.29, 1.82) is 0 Å². The van der Waals surface area contributed by atoms with Gasteiger partial charge in [-0.3, -0.25) is 9.69 Å². The highest BCUT2D eigenvalue weighted by Gasteiger charge is 2.27. The van der Waals surface area contributed by atoms with Crippen LogP contribution in [0.25, 0.3) is 0 Å². The van der Waals surface area contributed by atoms with Gasteiger partial charge in [0.25, 0.3) is 5.91 Å². The molecule has 0 aliphatic rings. The number of anilines is 2. The molecule has 0 saturated carbocycles. The van der Waals surface area contributed by atoms with Crippen molar-refractivity contribution in [1.82, 2.24) is 4.98 Å². The van der Waals surface area contributed by atoms with Crippen LogP contribution in [-0.2, 0) is 9.53 Å². The summed E-state index contributed by atoms with van der Waals surface area (Å²) in [5.41, 5.74) is 1.47. The van der Waals surface area contributed by atoms with Crippen LogP contribution in [0.15, 0.2) is 79.0 Å². The second kappa shape index (κ2) is 8.47. The Kier molecular flexibility index (Phi) is 5.84. The van der Waals surface area contributed by atoms with Gasteiger partial charge >= 0.3 is 5.97 Å². The molecule has 0 aliphatic heterocycles. The van der Waals surface area contributed by atoms with E-state index < -0.39 is 12.1 Å². The summed E-state index contributed by atoms with van der Waals surface area (Å²) in [6.07, 6.45) is 0.453. The van der Waals surface area contributed by atoms with Crippen molar-refractivity contribution < 1.29 is 14.3 Å². The predicted octanol–water partition coefficient (Wildman–Crippen LogP) is 4.65. The Labute approximate surface area is 162 Å². The fourth-order valence-corrected chi connectivity index (χ4v) is 2.75. The molecule has 3 rings (SSSR count). The highest BCUT2D eigenvalue weighted by molar-refractivity contribution is 6.32. The van der Waals surface area contributed by atoms with Crippen LogP contribution in [-0.4, -0.2) is 23.0 Å². The molecule has 2 aromatic carbocycles. The number of rotatable bonds is 5. The van der Waals surface area contributed by atoms with Crippen molar-refractivity contribution in [2.45, 2.75) is 13.0 Å². The van der Waals surface area contributed by atoms with Gasteiger partial charge in [0.2, 0.25) is 0 Å². The van der Waals surface area contributed by atoms with E-state index in [9.17, 15) is 9.59 Å². The number of amides is 1. The van der Waals surface area contributed by atoms with E-state index in [0.29, 0.717) is 11.4 Å². The number of aromatic nitrogens is 1. The minimum absolute atomic E-state index is 0.0325. The molecule has 6 heteroatoms. The minimum Gasteiger partial charge on any atom is -0.449 e. The third-order valence-electron chi connectivity index (χ3n) is 3.86. The summed E-state index contributed by atoms with van der Waals surface area (Å²) in [4.78, 5) is 30.8. The van der Waals surface area contributed by atoms with E-state index >= 15 is 0 Å². The Morgan fingerprint density at radius 2 is 1.48 bits per heavy atom. The molecule has 0 N–H and O–H groups in total. The maximum Gasteiger partial charge on any atom is 0.342 e. The summed E-state index contributed by atoms with van der Waals surface area (Å²) in [6.45, 7) is 1.53. The van der Waals surface area contributed by atoms with Crippen molar-refractivity contribution in [3.63, 3.8) is 0 Å². The molecule has 3 aromatic rings. The fraction of sp³-hybridized carbons (Fsp3) is 0.0952. The van der Waals surface area contributed by atoms with Crippen LogP contribution in [0.2, 0.25) is 5.15 Å². The molecule has 1 unspecified atom stereocenters. The summed E-state index contributed by atoms with van der Waals surface area (Å²) in [5, 5.41) is 0.0325. The van der Waals surface area contributed by atoms with Crippen molar-refractivity contribution in [2.24, 2.45) is 0 Å².